The maximum Gasteiger partial charge on any atom is 0.269 e. The van der Waals surface area contributed by atoms with Crippen molar-refractivity contribution in [2.45, 2.75) is 26.0 Å². The van der Waals surface area contributed by atoms with Crippen molar-refractivity contribution in [1.82, 2.24) is 9.55 Å². The molecular weight excluding hydrogens is 358 g/mol. The summed E-state index contributed by atoms with van der Waals surface area (Å²) in [6.45, 7) is 4.18. The Balaban J connectivity index is 1.42. The van der Waals surface area contributed by atoms with Crippen LogP contribution < -0.4 is 14.8 Å². The second-order valence-corrected chi connectivity index (χ2v) is 6.72. The van der Waals surface area contributed by atoms with Gasteiger partial charge in [0.1, 0.15) is 18.2 Å². The molecule has 2 heterocycles. The maximum atomic E-state index is 12.5. The number of rotatable bonds is 4. The van der Waals surface area contributed by atoms with Gasteiger partial charge in [-0.15, -0.1) is 0 Å². The van der Waals surface area contributed by atoms with Crippen LogP contribution in [0.15, 0.2) is 54.9 Å². The number of phenolic OH excluding ortho intramolecular Hbond substituents is 1. The van der Waals surface area contributed by atoms with E-state index in [0.29, 0.717) is 17.2 Å². The van der Waals surface area contributed by atoms with Gasteiger partial charge < -0.3 is 24.5 Å². The highest BCUT2D eigenvalue weighted by Crippen LogP contribution is 2.34. The number of ether oxygens (including phenoxy) is 2. The fourth-order valence-electron chi connectivity index (χ4n) is 3.22. The summed E-state index contributed by atoms with van der Waals surface area (Å²) in [5.41, 5.74) is 1.79. The van der Waals surface area contributed by atoms with Crippen molar-refractivity contribution in [3.63, 3.8) is 0 Å². The normalized spacial score (nSPS) is 16.4. The highest BCUT2D eigenvalue weighted by atomic mass is 16.6. The predicted octanol–water partition coefficient (Wildman–Crippen LogP) is 3.28. The zero-order valence-electron chi connectivity index (χ0n) is 15.6. The molecule has 2 atom stereocenters. The number of nitrogens with one attached hydrogen (secondary N) is 1. The van der Waals surface area contributed by atoms with E-state index in [1.165, 1.54) is 12.1 Å². The third-order valence-corrected chi connectivity index (χ3v) is 4.82. The van der Waals surface area contributed by atoms with Crippen LogP contribution in [0.5, 0.6) is 17.2 Å². The molecule has 2 aromatic carbocycles. The van der Waals surface area contributed by atoms with E-state index in [2.05, 4.69) is 21.8 Å². The second kappa shape index (κ2) is 7.26. The first-order valence-corrected chi connectivity index (χ1v) is 9.04. The Labute approximate surface area is 162 Å². The average molecular weight is 379 g/mol. The molecule has 1 unspecified atom stereocenters. The zero-order chi connectivity index (χ0) is 19.7. The minimum Gasteiger partial charge on any atom is -0.508 e. The number of phenols is 1. The number of carbonyl (C=O) groups is 1. The number of aromatic hydroxyl groups is 1. The molecule has 0 spiro atoms. The van der Waals surface area contributed by atoms with Crippen LogP contribution in [0.4, 0.5) is 5.69 Å². The molecule has 1 aliphatic rings. The molecule has 2 N–H and O–H groups in total. The van der Waals surface area contributed by atoms with Crippen molar-refractivity contribution in [2.75, 3.05) is 11.9 Å². The molecule has 28 heavy (non-hydrogen) atoms. The summed E-state index contributed by atoms with van der Waals surface area (Å²) >= 11 is 0. The first-order valence-electron chi connectivity index (χ1n) is 9.04. The number of benzene rings is 2. The number of fused-ring (bicyclic) bond motifs is 1. The summed E-state index contributed by atoms with van der Waals surface area (Å²) in [4.78, 5) is 16.8. The van der Waals surface area contributed by atoms with Crippen LogP contribution in [0.2, 0.25) is 0 Å². The molecule has 0 bridgehead atoms. The number of hydrogen-bond acceptors (Lipinski definition) is 5. The molecule has 1 aromatic heterocycles. The van der Waals surface area contributed by atoms with Crippen LogP contribution in [0.25, 0.3) is 0 Å². The van der Waals surface area contributed by atoms with Crippen molar-refractivity contribution < 1.29 is 19.4 Å². The fraction of sp³-hybridized carbons (Fsp3) is 0.238. The smallest absolute Gasteiger partial charge is 0.269 e. The number of aryl methyl sites for hydroxylation is 1. The molecule has 0 saturated heterocycles. The van der Waals surface area contributed by atoms with Gasteiger partial charge in [0.2, 0.25) is 6.10 Å². The Kier molecular flexibility index (Phi) is 4.65. The highest BCUT2D eigenvalue weighted by Gasteiger charge is 2.27. The lowest BCUT2D eigenvalue weighted by atomic mass is 10.1. The summed E-state index contributed by atoms with van der Waals surface area (Å²) in [6.07, 6.45) is 2.94. The van der Waals surface area contributed by atoms with E-state index >= 15 is 0 Å². The summed E-state index contributed by atoms with van der Waals surface area (Å²) in [7, 11) is 0. The summed E-state index contributed by atoms with van der Waals surface area (Å²) < 4.78 is 13.3. The van der Waals surface area contributed by atoms with E-state index in [-0.39, 0.29) is 24.3 Å². The molecule has 1 amide bonds. The van der Waals surface area contributed by atoms with Crippen LogP contribution in [-0.4, -0.2) is 33.3 Å². The lowest BCUT2D eigenvalue weighted by Crippen LogP contribution is -2.40. The minimum absolute atomic E-state index is 0.0567. The Hall–Kier alpha value is -3.48. The van der Waals surface area contributed by atoms with Gasteiger partial charge in [0.25, 0.3) is 5.91 Å². The SMILES string of the molecule is Cc1nccn1[C@@H](C)c1ccc(NC(=O)C2COc3ccc(O)cc3O2)cc1. The molecule has 4 rings (SSSR count). The molecule has 144 valence electrons. The van der Waals surface area contributed by atoms with Crippen molar-refractivity contribution in [2.24, 2.45) is 0 Å². The molecule has 1 aliphatic heterocycles. The third kappa shape index (κ3) is 3.51. The summed E-state index contributed by atoms with van der Waals surface area (Å²) in [5.74, 6) is 1.56. The molecular formula is C21H21N3O4. The van der Waals surface area contributed by atoms with E-state index in [9.17, 15) is 9.90 Å². The molecule has 0 fully saturated rings. The van der Waals surface area contributed by atoms with E-state index in [0.717, 1.165) is 11.4 Å². The zero-order valence-corrected chi connectivity index (χ0v) is 15.6. The van der Waals surface area contributed by atoms with Gasteiger partial charge in [0.15, 0.2) is 11.5 Å². The third-order valence-electron chi connectivity index (χ3n) is 4.82. The summed E-state index contributed by atoms with van der Waals surface area (Å²) in [6, 6.07) is 12.4. The van der Waals surface area contributed by atoms with Gasteiger partial charge in [-0.1, -0.05) is 12.1 Å². The van der Waals surface area contributed by atoms with Crippen LogP contribution in [0.3, 0.4) is 0 Å². The van der Waals surface area contributed by atoms with E-state index in [4.69, 9.17) is 9.47 Å². The topological polar surface area (TPSA) is 85.6 Å². The highest BCUT2D eigenvalue weighted by molar-refractivity contribution is 5.94. The molecule has 0 aliphatic carbocycles. The number of imidazole rings is 1. The van der Waals surface area contributed by atoms with Crippen molar-refractivity contribution in [3.05, 3.63) is 66.2 Å². The van der Waals surface area contributed by atoms with Crippen LogP contribution in [-0.2, 0) is 4.79 Å². The first-order chi connectivity index (χ1) is 13.5. The van der Waals surface area contributed by atoms with Crippen molar-refractivity contribution in [1.29, 1.82) is 0 Å². The van der Waals surface area contributed by atoms with Gasteiger partial charge in [0, 0.05) is 24.1 Å². The Bertz CT molecular complexity index is 997. The molecule has 7 heteroatoms. The quantitative estimate of drug-likeness (QED) is 0.727. The largest absolute Gasteiger partial charge is 0.508 e. The van der Waals surface area contributed by atoms with Gasteiger partial charge in [0.05, 0.1) is 6.04 Å². The molecule has 0 radical (unpaired) electrons. The van der Waals surface area contributed by atoms with Crippen LogP contribution >= 0.6 is 0 Å². The standard InChI is InChI=1S/C21H21N3O4/c1-13(24-10-9-22-14(24)2)15-3-5-16(6-4-15)23-21(26)20-12-27-18-8-7-17(25)11-19(18)28-20/h3-11,13,20,25H,12H2,1-2H3,(H,23,26)/t13-,20?/m0/s1. The monoisotopic (exact) mass is 379 g/mol. The number of amides is 1. The lowest BCUT2D eigenvalue weighted by Gasteiger charge is -2.25. The van der Waals surface area contributed by atoms with Crippen LogP contribution in [0, 0.1) is 6.92 Å². The Morgan fingerprint density at radius 3 is 2.75 bits per heavy atom. The number of hydrogen-bond donors (Lipinski definition) is 2. The van der Waals surface area contributed by atoms with Gasteiger partial charge >= 0.3 is 0 Å². The Morgan fingerprint density at radius 2 is 2.04 bits per heavy atom. The van der Waals surface area contributed by atoms with Gasteiger partial charge in [-0.2, -0.15) is 0 Å². The summed E-state index contributed by atoms with van der Waals surface area (Å²) in [5, 5.41) is 12.4. The van der Waals surface area contributed by atoms with Gasteiger partial charge in [-0.25, -0.2) is 4.98 Å². The van der Waals surface area contributed by atoms with Gasteiger partial charge in [-0.05, 0) is 43.7 Å². The van der Waals surface area contributed by atoms with Crippen molar-refractivity contribution in [3.8, 4) is 17.2 Å². The number of carbonyl (C=O) groups excluding carboxylic acids is 1. The van der Waals surface area contributed by atoms with E-state index < -0.39 is 6.10 Å². The van der Waals surface area contributed by atoms with Gasteiger partial charge in [-0.3, -0.25) is 4.79 Å². The van der Waals surface area contributed by atoms with Crippen molar-refractivity contribution >= 4 is 11.6 Å². The fourth-order valence-corrected chi connectivity index (χ4v) is 3.22. The van der Waals surface area contributed by atoms with Crippen LogP contribution in [0.1, 0.15) is 24.4 Å². The number of anilines is 1. The molecule has 7 nitrogen and oxygen atoms in total. The Morgan fingerprint density at radius 1 is 1.25 bits per heavy atom. The molecule has 3 aromatic rings. The minimum atomic E-state index is -0.790. The molecule has 0 saturated carbocycles. The second-order valence-electron chi connectivity index (χ2n) is 6.72. The number of aromatic nitrogens is 2. The maximum absolute atomic E-state index is 12.5. The van der Waals surface area contributed by atoms with E-state index in [1.807, 2.05) is 37.4 Å². The number of nitrogens with zero attached hydrogens (tertiary/aromatic N) is 2. The van der Waals surface area contributed by atoms with E-state index in [1.54, 1.807) is 12.3 Å². The predicted molar refractivity (Wildman–Crippen MR) is 104 cm³/mol. The first kappa shape index (κ1) is 17.9. The lowest BCUT2D eigenvalue weighted by molar-refractivity contribution is -0.125. The average Bonchev–Trinajstić information content (AvgIpc) is 3.13.